The minimum atomic E-state index is -3.37. The Labute approximate surface area is 146 Å². The Kier molecular flexibility index (Phi) is 4.90. The monoisotopic (exact) mass is 393 g/mol. The molecule has 0 heterocycles. The molecule has 0 aliphatic heterocycles. The van der Waals surface area contributed by atoms with Gasteiger partial charge in [0.2, 0.25) is 10.0 Å². The third kappa shape index (κ3) is 4.22. The van der Waals surface area contributed by atoms with Crippen molar-refractivity contribution in [2.45, 2.75) is 38.0 Å². The van der Waals surface area contributed by atoms with Gasteiger partial charge in [0, 0.05) is 10.5 Å². The van der Waals surface area contributed by atoms with Gasteiger partial charge >= 0.3 is 0 Å². The van der Waals surface area contributed by atoms with Gasteiger partial charge in [-0.05, 0) is 60.6 Å². The van der Waals surface area contributed by atoms with Gasteiger partial charge in [-0.3, -0.25) is 0 Å². The average molecular weight is 394 g/mol. The fourth-order valence-corrected chi connectivity index (χ4v) is 4.69. The maximum absolute atomic E-state index is 12.4. The van der Waals surface area contributed by atoms with E-state index >= 15 is 0 Å². The normalized spacial score (nSPS) is 15.4. The second kappa shape index (κ2) is 6.75. The van der Waals surface area contributed by atoms with E-state index in [2.05, 4.69) is 32.8 Å². The first-order chi connectivity index (χ1) is 10.9. The van der Waals surface area contributed by atoms with Gasteiger partial charge in [-0.1, -0.05) is 46.3 Å². The zero-order valence-electron chi connectivity index (χ0n) is 13.0. The Hall–Kier alpha value is -1.17. The van der Waals surface area contributed by atoms with E-state index in [1.165, 1.54) is 17.5 Å². The molecule has 1 aliphatic carbocycles. The summed E-state index contributed by atoms with van der Waals surface area (Å²) in [6.07, 6.45) is 3.43. The highest BCUT2D eigenvalue weighted by atomic mass is 79.9. The lowest BCUT2D eigenvalue weighted by Crippen LogP contribution is -2.28. The van der Waals surface area contributed by atoms with E-state index in [1.54, 1.807) is 0 Å². The van der Waals surface area contributed by atoms with Gasteiger partial charge in [-0.15, -0.1) is 0 Å². The summed E-state index contributed by atoms with van der Waals surface area (Å²) in [5.74, 6) is -0.00440. The molecule has 0 amide bonds. The van der Waals surface area contributed by atoms with Crippen LogP contribution in [0.2, 0.25) is 0 Å². The molecule has 23 heavy (non-hydrogen) atoms. The topological polar surface area (TPSA) is 46.2 Å². The largest absolute Gasteiger partial charge is 0.216 e. The Morgan fingerprint density at radius 3 is 2.52 bits per heavy atom. The smallest absolute Gasteiger partial charge is 0.212 e. The summed E-state index contributed by atoms with van der Waals surface area (Å²) < 4.78 is 28.5. The number of aryl methyl sites for hydroxylation is 2. The molecule has 0 aromatic heterocycles. The lowest BCUT2D eigenvalue weighted by atomic mass is 10.0. The lowest BCUT2D eigenvalue weighted by Gasteiger charge is -2.16. The molecule has 0 spiro atoms. The fraction of sp³-hybridized carbons (Fsp3) is 0.333. The van der Waals surface area contributed by atoms with Crippen LogP contribution < -0.4 is 4.72 Å². The Bertz CT molecular complexity index is 800. The second-order valence-electron chi connectivity index (χ2n) is 6.11. The van der Waals surface area contributed by atoms with Crippen LogP contribution in [0.1, 0.15) is 41.6 Å². The van der Waals surface area contributed by atoms with Crippen molar-refractivity contribution >= 4 is 26.0 Å². The average Bonchev–Trinajstić information content (AvgIpc) is 2.96. The van der Waals surface area contributed by atoms with Crippen LogP contribution in [0.4, 0.5) is 0 Å². The molecule has 122 valence electrons. The molecule has 1 atom stereocenters. The molecule has 0 fully saturated rings. The molecular formula is C18H20BrNO2S. The number of halogens is 1. The summed E-state index contributed by atoms with van der Waals surface area (Å²) in [4.78, 5) is 0. The van der Waals surface area contributed by atoms with E-state index in [0.717, 1.165) is 28.4 Å². The third-order valence-corrected chi connectivity index (χ3v) is 6.20. The van der Waals surface area contributed by atoms with Crippen LogP contribution in [0, 0.1) is 0 Å². The van der Waals surface area contributed by atoms with Crippen LogP contribution in [0.15, 0.2) is 46.9 Å². The van der Waals surface area contributed by atoms with Gasteiger partial charge in [-0.2, -0.15) is 0 Å². The molecule has 3 rings (SSSR count). The molecule has 0 saturated carbocycles. The van der Waals surface area contributed by atoms with Crippen LogP contribution in [-0.4, -0.2) is 8.42 Å². The zero-order valence-corrected chi connectivity index (χ0v) is 15.5. The minimum absolute atomic E-state index is 0.00440. The van der Waals surface area contributed by atoms with Crippen LogP contribution >= 0.6 is 15.9 Å². The first-order valence-electron chi connectivity index (χ1n) is 7.79. The van der Waals surface area contributed by atoms with E-state index in [9.17, 15) is 8.42 Å². The quantitative estimate of drug-likeness (QED) is 0.830. The van der Waals surface area contributed by atoms with Crippen LogP contribution in [0.5, 0.6) is 0 Å². The summed E-state index contributed by atoms with van der Waals surface area (Å²) in [7, 11) is -3.37. The van der Waals surface area contributed by atoms with Crippen LogP contribution in [-0.2, 0) is 28.6 Å². The van der Waals surface area contributed by atoms with Crippen LogP contribution in [0.3, 0.4) is 0 Å². The standard InChI is InChI=1S/C18H20BrNO2S/c1-13(16-8-7-15-3-2-4-17(15)11-16)20-23(21,22)12-14-5-9-18(19)10-6-14/h5-11,13,20H,2-4,12H2,1H3. The number of sulfonamides is 1. The predicted octanol–water partition coefficient (Wildman–Crippen LogP) is 4.12. The van der Waals surface area contributed by atoms with E-state index in [-0.39, 0.29) is 11.8 Å². The summed E-state index contributed by atoms with van der Waals surface area (Å²) in [5.41, 5.74) is 4.58. The Morgan fingerprint density at radius 1 is 1.09 bits per heavy atom. The van der Waals surface area contributed by atoms with E-state index < -0.39 is 10.0 Å². The number of hydrogen-bond acceptors (Lipinski definition) is 2. The molecule has 0 saturated heterocycles. The molecule has 1 N–H and O–H groups in total. The van der Waals surface area contributed by atoms with Crippen molar-refractivity contribution in [2.75, 3.05) is 0 Å². The second-order valence-corrected chi connectivity index (χ2v) is 8.78. The molecule has 0 radical (unpaired) electrons. The number of nitrogens with one attached hydrogen (secondary N) is 1. The third-order valence-electron chi connectivity index (χ3n) is 4.25. The minimum Gasteiger partial charge on any atom is -0.212 e. The molecule has 5 heteroatoms. The molecule has 0 bridgehead atoms. The molecule has 1 aliphatic rings. The summed E-state index contributed by atoms with van der Waals surface area (Å²) >= 11 is 3.36. The van der Waals surface area contributed by atoms with Gasteiger partial charge < -0.3 is 0 Å². The van der Waals surface area contributed by atoms with Gasteiger partial charge in [-0.25, -0.2) is 13.1 Å². The predicted molar refractivity (Wildman–Crippen MR) is 96.8 cm³/mol. The molecular weight excluding hydrogens is 374 g/mol. The van der Waals surface area contributed by atoms with Gasteiger partial charge in [0.25, 0.3) is 0 Å². The maximum atomic E-state index is 12.4. The van der Waals surface area contributed by atoms with Crippen molar-refractivity contribution in [2.24, 2.45) is 0 Å². The van der Waals surface area contributed by atoms with Crippen molar-refractivity contribution in [1.29, 1.82) is 0 Å². The van der Waals surface area contributed by atoms with Gasteiger partial charge in [0.15, 0.2) is 0 Å². The Morgan fingerprint density at radius 2 is 1.78 bits per heavy atom. The maximum Gasteiger partial charge on any atom is 0.216 e. The highest BCUT2D eigenvalue weighted by Crippen LogP contribution is 2.26. The highest BCUT2D eigenvalue weighted by Gasteiger charge is 2.18. The van der Waals surface area contributed by atoms with Crippen molar-refractivity contribution in [3.05, 3.63) is 69.2 Å². The molecule has 2 aromatic carbocycles. The molecule has 2 aromatic rings. The van der Waals surface area contributed by atoms with Crippen LogP contribution in [0.25, 0.3) is 0 Å². The number of fused-ring (bicyclic) bond motifs is 1. The van der Waals surface area contributed by atoms with Gasteiger partial charge in [0.1, 0.15) is 0 Å². The zero-order chi connectivity index (χ0) is 16.4. The van der Waals surface area contributed by atoms with E-state index in [4.69, 9.17) is 0 Å². The van der Waals surface area contributed by atoms with E-state index in [0.29, 0.717) is 0 Å². The summed E-state index contributed by atoms with van der Waals surface area (Å²) in [5, 5.41) is 0. The number of benzene rings is 2. The van der Waals surface area contributed by atoms with Gasteiger partial charge in [0.05, 0.1) is 5.75 Å². The summed E-state index contributed by atoms with van der Waals surface area (Å²) in [6, 6.07) is 13.5. The van der Waals surface area contributed by atoms with Crippen molar-refractivity contribution in [3.8, 4) is 0 Å². The molecule has 1 unspecified atom stereocenters. The Balaban J connectivity index is 1.70. The lowest BCUT2D eigenvalue weighted by molar-refractivity contribution is 0.566. The summed E-state index contributed by atoms with van der Waals surface area (Å²) in [6.45, 7) is 1.90. The van der Waals surface area contributed by atoms with E-state index in [1.807, 2.05) is 37.3 Å². The number of rotatable bonds is 5. The SMILES string of the molecule is CC(NS(=O)(=O)Cc1ccc(Br)cc1)c1ccc2c(c1)CCC2. The van der Waals surface area contributed by atoms with Crippen molar-refractivity contribution in [1.82, 2.24) is 4.72 Å². The first kappa shape index (κ1) is 16.7. The van der Waals surface area contributed by atoms with Crippen molar-refractivity contribution in [3.63, 3.8) is 0 Å². The highest BCUT2D eigenvalue weighted by molar-refractivity contribution is 9.10. The molecule has 3 nitrogen and oxygen atoms in total. The first-order valence-corrected chi connectivity index (χ1v) is 10.2. The fourth-order valence-electron chi connectivity index (χ4n) is 3.04. The van der Waals surface area contributed by atoms with Crippen molar-refractivity contribution < 1.29 is 8.42 Å². The number of hydrogen-bond donors (Lipinski definition) is 1.